The molecule has 84 valence electrons. The Morgan fingerprint density at radius 3 is 2.53 bits per heavy atom. The zero-order valence-corrected chi connectivity index (χ0v) is 9.18. The van der Waals surface area contributed by atoms with E-state index in [4.69, 9.17) is 4.74 Å². The summed E-state index contributed by atoms with van der Waals surface area (Å²) in [5.74, 6) is 0.639. The molecule has 3 heteroatoms. The molecule has 0 aliphatic carbocycles. The first-order valence-electron chi connectivity index (χ1n) is 5.23. The van der Waals surface area contributed by atoms with Gasteiger partial charge in [0.15, 0.2) is 0 Å². The summed E-state index contributed by atoms with van der Waals surface area (Å²) in [4.78, 5) is 0. The molecule has 0 aliphatic heterocycles. The minimum absolute atomic E-state index is 0.264. The Morgan fingerprint density at radius 1 is 1.27 bits per heavy atom. The molecule has 0 aromatic heterocycles. The zero-order chi connectivity index (χ0) is 11.3. The van der Waals surface area contributed by atoms with Crippen LogP contribution in [0.1, 0.15) is 31.9 Å². The van der Waals surface area contributed by atoms with E-state index in [2.05, 4.69) is 0 Å². The highest BCUT2D eigenvalue weighted by atomic mass is 16.5. The molecular weight excluding hydrogens is 192 g/mol. The molecule has 1 rings (SSSR count). The van der Waals surface area contributed by atoms with Crippen LogP contribution < -0.4 is 4.74 Å². The standard InChI is InChI=1S/C12H18O3/c1-3-10(14)8-15-12-7-5-4-6-11(12)9(2)13/h4-7,9-10,13-14H,3,8H2,1-2H3. The van der Waals surface area contributed by atoms with Crippen LogP contribution in [0, 0.1) is 0 Å². The van der Waals surface area contributed by atoms with Gasteiger partial charge in [-0.05, 0) is 19.4 Å². The molecule has 15 heavy (non-hydrogen) atoms. The first-order chi connectivity index (χ1) is 7.15. The molecule has 0 bridgehead atoms. The summed E-state index contributed by atoms with van der Waals surface area (Å²) in [5, 5.41) is 18.8. The van der Waals surface area contributed by atoms with E-state index in [-0.39, 0.29) is 6.61 Å². The van der Waals surface area contributed by atoms with Gasteiger partial charge in [0.1, 0.15) is 12.4 Å². The Labute approximate surface area is 90.3 Å². The van der Waals surface area contributed by atoms with E-state index < -0.39 is 12.2 Å². The van der Waals surface area contributed by atoms with Crippen LogP contribution in [0.25, 0.3) is 0 Å². The summed E-state index contributed by atoms with van der Waals surface area (Å²) >= 11 is 0. The molecule has 1 aromatic carbocycles. The van der Waals surface area contributed by atoms with Crippen LogP contribution in [0.15, 0.2) is 24.3 Å². The molecule has 0 heterocycles. The van der Waals surface area contributed by atoms with Gasteiger partial charge in [0.05, 0.1) is 12.2 Å². The number of para-hydroxylation sites is 1. The lowest BCUT2D eigenvalue weighted by atomic mass is 10.1. The number of rotatable bonds is 5. The summed E-state index contributed by atoms with van der Waals surface area (Å²) in [6.07, 6.45) is -0.344. The van der Waals surface area contributed by atoms with E-state index in [9.17, 15) is 10.2 Å². The smallest absolute Gasteiger partial charge is 0.125 e. The summed E-state index contributed by atoms with van der Waals surface area (Å²) < 4.78 is 5.44. The van der Waals surface area contributed by atoms with Crippen LogP contribution in [0.5, 0.6) is 5.75 Å². The molecule has 0 saturated heterocycles. The number of aliphatic hydroxyl groups is 2. The highest BCUT2D eigenvalue weighted by molar-refractivity contribution is 5.34. The van der Waals surface area contributed by atoms with E-state index in [1.54, 1.807) is 13.0 Å². The van der Waals surface area contributed by atoms with Gasteiger partial charge >= 0.3 is 0 Å². The first kappa shape index (κ1) is 12.0. The third-order valence-corrected chi connectivity index (χ3v) is 2.27. The summed E-state index contributed by atoms with van der Waals surface area (Å²) in [6, 6.07) is 7.31. The van der Waals surface area contributed by atoms with E-state index in [0.29, 0.717) is 12.2 Å². The lowest BCUT2D eigenvalue weighted by Crippen LogP contribution is -2.16. The zero-order valence-electron chi connectivity index (χ0n) is 9.18. The fourth-order valence-corrected chi connectivity index (χ4v) is 1.26. The molecule has 0 fully saturated rings. The van der Waals surface area contributed by atoms with E-state index in [1.807, 2.05) is 25.1 Å². The van der Waals surface area contributed by atoms with Gasteiger partial charge < -0.3 is 14.9 Å². The van der Waals surface area contributed by atoms with Crippen molar-refractivity contribution in [1.82, 2.24) is 0 Å². The van der Waals surface area contributed by atoms with Crippen molar-refractivity contribution < 1.29 is 14.9 Å². The molecule has 0 saturated carbocycles. The molecular formula is C12H18O3. The van der Waals surface area contributed by atoms with Crippen LogP contribution in [-0.2, 0) is 0 Å². The SMILES string of the molecule is CCC(O)COc1ccccc1C(C)O. The Morgan fingerprint density at radius 2 is 1.93 bits per heavy atom. The van der Waals surface area contributed by atoms with Crippen molar-refractivity contribution in [2.24, 2.45) is 0 Å². The van der Waals surface area contributed by atoms with Crippen LogP contribution in [0.2, 0.25) is 0 Å². The van der Waals surface area contributed by atoms with Gasteiger partial charge in [0.2, 0.25) is 0 Å². The number of hydrogen-bond donors (Lipinski definition) is 2. The van der Waals surface area contributed by atoms with Crippen LogP contribution >= 0.6 is 0 Å². The minimum atomic E-state index is -0.556. The van der Waals surface area contributed by atoms with Crippen LogP contribution in [-0.4, -0.2) is 22.9 Å². The largest absolute Gasteiger partial charge is 0.491 e. The predicted molar refractivity (Wildman–Crippen MR) is 58.9 cm³/mol. The molecule has 1 aromatic rings. The number of hydrogen-bond acceptors (Lipinski definition) is 3. The maximum atomic E-state index is 9.48. The maximum absolute atomic E-state index is 9.48. The molecule has 2 N–H and O–H groups in total. The summed E-state index contributed by atoms with van der Waals surface area (Å²) in [6.45, 7) is 3.85. The Kier molecular flexibility index (Phi) is 4.59. The van der Waals surface area contributed by atoms with Gasteiger partial charge in [-0.2, -0.15) is 0 Å². The molecule has 3 nitrogen and oxygen atoms in total. The summed E-state index contributed by atoms with van der Waals surface area (Å²) in [5.41, 5.74) is 0.751. The Balaban J connectivity index is 2.67. The number of aliphatic hydroxyl groups excluding tert-OH is 2. The van der Waals surface area contributed by atoms with Gasteiger partial charge in [0.25, 0.3) is 0 Å². The van der Waals surface area contributed by atoms with Crippen molar-refractivity contribution in [3.63, 3.8) is 0 Å². The van der Waals surface area contributed by atoms with Crippen molar-refractivity contribution in [3.05, 3.63) is 29.8 Å². The van der Waals surface area contributed by atoms with Crippen molar-refractivity contribution in [2.75, 3.05) is 6.61 Å². The number of benzene rings is 1. The Bertz CT molecular complexity index is 297. The van der Waals surface area contributed by atoms with E-state index in [1.165, 1.54) is 0 Å². The highest BCUT2D eigenvalue weighted by Gasteiger charge is 2.09. The third kappa shape index (κ3) is 3.53. The average Bonchev–Trinajstić information content (AvgIpc) is 2.26. The monoisotopic (exact) mass is 210 g/mol. The van der Waals surface area contributed by atoms with E-state index in [0.717, 1.165) is 5.56 Å². The van der Waals surface area contributed by atoms with Crippen molar-refractivity contribution >= 4 is 0 Å². The van der Waals surface area contributed by atoms with Crippen LogP contribution in [0.4, 0.5) is 0 Å². The summed E-state index contributed by atoms with van der Waals surface area (Å²) in [7, 11) is 0. The highest BCUT2D eigenvalue weighted by Crippen LogP contribution is 2.24. The average molecular weight is 210 g/mol. The molecule has 2 unspecified atom stereocenters. The minimum Gasteiger partial charge on any atom is -0.491 e. The second-order valence-corrected chi connectivity index (χ2v) is 3.59. The topological polar surface area (TPSA) is 49.7 Å². The molecule has 0 spiro atoms. The third-order valence-electron chi connectivity index (χ3n) is 2.27. The van der Waals surface area contributed by atoms with Gasteiger partial charge in [-0.25, -0.2) is 0 Å². The first-order valence-corrected chi connectivity index (χ1v) is 5.23. The van der Waals surface area contributed by atoms with Gasteiger partial charge in [0, 0.05) is 5.56 Å². The quantitative estimate of drug-likeness (QED) is 0.780. The van der Waals surface area contributed by atoms with Gasteiger partial charge in [-0.3, -0.25) is 0 Å². The van der Waals surface area contributed by atoms with Crippen LogP contribution in [0.3, 0.4) is 0 Å². The van der Waals surface area contributed by atoms with Crippen molar-refractivity contribution in [3.8, 4) is 5.75 Å². The molecule has 0 radical (unpaired) electrons. The van der Waals surface area contributed by atoms with Gasteiger partial charge in [-0.1, -0.05) is 25.1 Å². The molecule has 2 atom stereocenters. The van der Waals surface area contributed by atoms with E-state index >= 15 is 0 Å². The van der Waals surface area contributed by atoms with Gasteiger partial charge in [-0.15, -0.1) is 0 Å². The second kappa shape index (κ2) is 5.73. The molecule has 0 amide bonds. The maximum Gasteiger partial charge on any atom is 0.125 e. The predicted octanol–water partition coefficient (Wildman–Crippen LogP) is 1.89. The van der Waals surface area contributed by atoms with Crippen molar-refractivity contribution in [1.29, 1.82) is 0 Å². The normalized spacial score (nSPS) is 14.7. The fourth-order valence-electron chi connectivity index (χ4n) is 1.26. The fraction of sp³-hybridized carbons (Fsp3) is 0.500. The lowest BCUT2D eigenvalue weighted by Gasteiger charge is -2.15. The van der Waals surface area contributed by atoms with Crippen molar-refractivity contribution in [2.45, 2.75) is 32.5 Å². The second-order valence-electron chi connectivity index (χ2n) is 3.59. The Hall–Kier alpha value is -1.06. The number of ether oxygens (including phenoxy) is 1. The lowest BCUT2D eigenvalue weighted by molar-refractivity contribution is 0.101. The molecule has 0 aliphatic rings.